The number of benzene rings is 6. The van der Waals surface area contributed by atoms with Crippen LogP contribution < -0.4 is 78.7 Å². The summed E-state index contributed by atoms with van der Waals surface area (Å²) in [5.41, 5.74) is 14.0. The summed E-state index contributed by atoms with van der Waals surface area (Å²) in [7, 11) is 0. The highest BCUT2D eigenvalue weighted by atomic mass is 35.5. The van der Waals surface area contributed by atoms with Gasteiger partial charge in [0.2, 0.25) is 59.3 Å². The van der Waals surface area contributed by atoms with Crippen molar-refractivity contribution in [3.8, 4) is 62.9 Å². The van der Waals surface area contributed by atoms with Crippen molar-refractivity contribution in [1.82, 2.24) is 42.5 Å². The molecule has 0 radical (unpaired) electrons. The lowest BCUT2D eigenvalue weighted by Crippen LogP contribution is -2.65. The SMILES string of the molecule is CC(=O)SCCCOc1cccc(CN[C@@]2(C)C[C@H](O[C@H]3[C@H](Oc4c5cc6cc4Oc4ccc(cc4Cl)[C@@H](O)[C@@H](NC(=O)[C@@H](N)CCCN)C(=O)N[C@@H](CC(N)=O)C(=O)N[C@H]6C(=O)N[C@H]4C(=O)N[C@H](C(=O)N[C@H](C(=O)NCC(=O)O)c6cc(O)cc(O)c6-c6cc4ccc6O)[C@H](O)c4ccc(c(Cl)c4)O5)O[C@H](CO)[C@@H](O)[C@@H]3O)O[C@@H](C)[C@H]2O)c1. The van der Waals surface area contributed by atoms with Crippen LogP contribution in [-0.4, -0.2) is 220 Å². The second-order valence-corrected chi connectivity index (χ2v) is 31.1. The number of aromatic hydroxyl groups is 3. The Bertz CT molecular complexity index is 4860. The number of phenols is 3. The van der Waals surface area contributed by atoms with Gasteiger partial charge in [-0.1, -0.05) is 65.3 Å². The topological polar surface area (TPSA) is 612 Å². The largest absolute Gasteiger partial charge is 0.508 e. The van der Waals surface area contributed by atoms with Gasteiger partial charge in [0.25, 0.3) is 0 Å². The van der Waals surface area contributed by atoms with Crippen molar-refractivity contribution < 1.29 is 132 Å². The normalized spacial score (nSPS) is 26.6. The third-order valence-electron chi connectivity index (χ3n) is 20.3. The number of hydrogen-bond acceptors (Lipinski definition) is 30. The minimum absolute atomic E-state index is 0.0226. The Balaban J connectivity index is 1.10. The molecule has 2 fully saturated rings. The third kappa shape index (κ3) is 20.9. The molecule has 0 saturated carbocycles. The predicted molar refractivity (Wildman–Crippen MR) is 419 cm³/mol. The first-order valence-electron chi connectivity index (χ1n) is 37.4. The molecule has 6 aromatic carbocycles. The summed E-state index contributed by atoms with van der Waals surface area (Å²) in [6, 6.07) is 5.53. The van der Waals surface area contributed by atoms with Crippen molar-refractivity contribution in [3.05, 3.63) is 147 Å². The molecule has 0 spiro atoms. The Morgan fingerprint density at radius 2 is 1.38 bits per heavy atom. The number of nitrogens with one attached hydrogen (secondary N) is 8. The fraction of sp³-hybridized carbons (Fsp3) is 0.410. The smallest absolute Gasteiger partial charge is 0.322 e. The van der Waals surface area contributed by atoms with Crippen LogP contribution in [0.2, 0.25) is 10.0 Å². The zero-order valence-corrected chi connectivity index (χ0v) is 66.0. The summed E-state index contributed by atoms with van der Waals surface area (Å²) in [6.45, 7) is 3.14. The van der Waals surface area contributed by atoms with Crippen LogP contribution in [0.5, 0.6) is 51.7 Å². The van der Waals surface area contributed by atoms with E-state index in [1.807, 2.05) is 6.07 Å². The highest BCUT2D eigenvalue weighted by Gasteiger charge is 2.52. The number of primary amides is 1. The van der Waals surface area contributed by atoms with E-state index in [1.54, 1.807) is 32.0 Å². The Morgan fingerprint density at radius 1 is 0.723 bits per heavy atom. The number of carbonyl (C=O) groups is 10. The van der Waals surface area contributed by atoms with Crippen LogP contribution in [0.3, 0.4) is 0 Å². The number of hydrogen-bond donors (Lipinski definition) is 21. The average Bonchev–Trinajstić information content (AvgIpc) is 0.762. The van der Waals surface area contributed by atoms with Gasteiger partial charge in [0.05, 0.1) is 47.9 Å². The Morgan fingerprint density at radius 3 is 2.03 bits per heavy atom. The molecule has 0 unspecified atom stereocenters. The number of amides is 8. The molecule has 7 heterocycles. The molecule has 18 atom stereocenters. The van der Waals surface area contributed by atoms with Crippen molar-refractivity contribution in [2.24, 2.45) is 17.2 Å². The average molecular weight is 1720 g/mol. The van der Waals surface area contributed by atoms with Gasteiger partial charge in [-0.05, 0) is 140 Å². The van der Waals surface area contributed by atoms with Gasteiger partial charge in [0.1, 0.15) is 108 Å². The summed E-state index contributed by atoms with van der Waals surface area (Å²) in [5.74, 6) is -16.7. The van der Waals surface area contributed by atoms with Crippen LogP contribution in [0, 0.1) is 0 Å². The lowest BCUT2D eigenvalue weighted by Gasteiger charge is -2.48. The van der Waals surface area contributed by atoms with Crippen LogP contribution >= 0.6 is 35.0 Å². The van der Waals surface area contributed by atoms with Gasteiger partial charge in [-0.25, -0.2) is 0 Å². The number of carbonyl (C=O) groups excluding carboxylic acids is 9. The molecule has 11 bridgehead atoms. The molecule has 13 rings (SSSR count). The van der Waals surface area contributed by atoms with Gasteiger partial charge in [0.15, 0.2) is 29.0 Å². The molecule has 6 aromatic rings. The van der Waals surface area contributed by atoms with E-state index in [0.717, 1.165) is 78.4 Å². The Hall–Kier alpha value is -10.7. The lowest BCUT2D eigenvalue weighted by molar-refractivity contribution is -0.334. The first kappa shape index (κ1) is 89.1. The second kappa shape index (κ2) is 38.6. The molecular formula is C78H89Cl2N11O27S. The van der Waals surface area contributed by atoms with Gasteiger partial charge in [0, 0.05) is 48.4 Å². The van der Waals surface area contributed by atoms with E-state index >= 15 is 19.2 Å². The molecule has 638 valence electrons. The van der Waals surface area contributed by atoms with E-state index in [1.165, 1.54) is 24.8 Å². The predicted octanol–water partition coefficient (Wildman–Crippen LogP) is 0.534. The molecule has 0 aromatic heterocycles. The number of aliphatic hydroxyl groups excluding tert-OH is 6. The molecule has 38 nitrogen and oxygen atoms in total. The minimum atomic E-state index is -2.41. The standard InChI is InChI=1S/C78H89Cl2N11O27S/c1-32-69(104)78(3,85-29-34-7-4-8-40(19-34)112-17-6-18-119-33(2)93)28-56(113-32)117-68-66(103)65(102)53(31-92)116-77(68)118-67-51-23-38-24-52(67)115-50-15-12-37(22-44(50)80)64(101)62-76(111)89-60(72(107)84-30-55(98)99)42-25-39(94)26-48(96)57(42)41-20-35(10-13-47(41)95)58(73(108)91-62)88-74(109)59(38)87-71(106)46(27-54(83)97)86-75(110)61(90-70(105)45(82)9-5-16-81)63(100)36-11-14-49(114-51)43(79)21-36/h4,7-8,10-15,19-26,32,45-46,53,56,58-66,68-69,77,85,92,94-96,100-104H,5-6,9,16-18,27-31,81-82H2,1-3H3,(H2,83,97)(H,84,107)(H,86,110)(H,87,106)(H,88,109)(H,89,111)(H,90,105)(H,91,108)(H,98,99)/t32-,45-,46-,53+,56-,58+,59+,60-,61+,62-,63+,64+,65+,66-,68+,69+,77-,78-/m0/s1. The van der Waals surface area contributed by atoms with Crippen LogP contribution in [0.1, 0.15) is 117 Å². The van der Waals surface area contributed by atoms with Crippen molar-refractivity contribution >= 4 is 93.3 Å². The fourth-order valence-electron chi connectivity index (χ4n) is 14.1. The number of thioether (sulfide) groups is 1. The monoisotopic (exact) mass is 1710 g/mol. The highest BCUT2D eigenvalue weighted by Crippen LogP contribution is 2.50. The van der Waals surface area contributed by atoms with E-state index in [9.17, 15) is 79.8 Å². The number of fused-ring (bicyclic) bond motifs is 15. The second-order valence-electron chi connectivity index (χ2n) is 29.0. The maximum Gasteiger partial charge on any atom is 0.322 e. The maximum absolute atomic E-state index is 16.2. The van der Waals surface area contributed by atoms with E-state index in [-0.39, 0.29) is 54.3 Å². The molecule has 7 aliphatic rings. The van der Waals surface area contributed by atoms with Crippen molar-refractivity contribution in [3.63, 3.8) is 0 Å². The maximum atomic E-state index is 16.2. The van der Waals surface area contributed by atoms with E-state index in [0.29, 0.717) is 24.5 Å². The van der Waals surface area contributed by atoms with Crippen molar-refractivity contribution in [2.75, 3.05) is 32.1 Å². The summed E-state index contributed by atoms with van der Waals surface area (Å²) in [4.78, 5) is 142. The minimum Gasteiger partial charge on any atom is -0.508 e. The number of aliphatic carboxylic acids is 1. The zero-order valence-electron chi connectivity index (χ0n) is 63.7. The fourth-order valence-corrected chi connectivity index (χ4v) is 15.1. The van der Waals surface area contributed by atoms with E-state index < -0.39 is 260 Å². The van der Waals surface area contributed by atoms with Crippen molar-refractivity contribution in [1.29, 1.82) is 0 Å². The van der Waals surface area contributed by atoms with E-state index in [4.69, 9.17) is 73.6 Å². The quantitative estimate of drug-likeness (QED) is 0.0389. The van der Waals surface area contributed by atoms with Crippen molar-refractivity contribution in [2.45, 2.75) is 169 Å². The molecule has 24 N–H and O–H groups in total. The lowest BCUT2D eigenvalue weighted by atomic mass is 9.84. The van der Waals surface area contributed by atoms with Gasteiger partial charge in [-0.15, -0.1) is 0 Å². The van der Waals surface area contributed by atoms with Crippen LogP contribution in [0.15, 0.2) is 103 Å². The first-order valence-corrected chi connectivity index (χ1v) is 39.1. The molecule has 119 heavy (non-hydrogen) atoms. The van der Waals surface area contributed by atoms with Gasteiger partial charge >= 0.3 is 5.97 Å². The van der Waals surface area contributed by atoms with Gasteiger partial charge < -0.3 is 144 Å². The Labute approximate surface area is 692 Å². The molecule has 41 heteroatoms. The number of aliphatic hydroxyl groups is 6. The molecule has 7 aliphatic heterocycles. The molecular weight excluding hydrogens is 1630 g/mol. The Kier molecular flexibility index (Phi) is 28.9. The van der Waals surface area contributed by atoms with Gasteiger partial charge in [-0.3, -0.25) is 47.9 Å². The zero-order chi connectivity index (χ0) is 86.2. The number of carboxylic acids is 1. The number of carboxylic acid groups (broad SMARTS) is 1. The number of rotatable bonds is 23. The molecule has 0 aliphatic carbocycles. The number of ether oxygens (including phenoxy) is 7. The summed E-state index contributed by atoms with van der Waals surface area (Å²) in [5, 5.41) is 135. The summed E-state index contributed by atoms with van der Waals surface area (Å²) >= 11 is 15.5. The number of nitrogens with two attached hydrogens (primary N) is 3. The van der Waals surface area contributed by atoms with Crippen LogP contribution in [0.25, 0.3) is 11.1 Å². The van der Waals surface area contributed by atoms with Crippen LogP contribution in [-0.2, 0) is 68.7 Å². The summed E-state index contributed by atoms with van der Waals surface area (Å²) in [6.07, 6.45) is -18.6. The first-order chi connectivity index (χ1) is 56.5. The number of halogens is 2. The highest BCUT2D eigenvalue weighted by molar-refractivity contribution is 8.13. The number of phenolic OH excluding ortho intramolecular Hbond substituents is 3. The van der Waals surface area contributed by atoms with E-state index in [2.05, 4.69) is 42.5 Å². The molecule has 8 amide bonds. The van der Waals surface area contributed by atoms with Gasteiger partial charge in [-0.2, -0.15) is 0 Å². The third-order valence-corrected chi connectivity index (χ3v) is 21.8. The van der Waals surface area contributed by atoms with Crippen LogP contribution in [0.4, 0.5) is 0 Å². The summed E-state index contributed by atoms with van der Waals surface area (Å²) < 4.78 is 45.3. The molecule has 2 saturated heterocycles.